The first kappa shape index (κ1) is 19.4. The van der Waals surface area contributed by atoms with Gasteiger partial charge in [-0.15, -0.1) is 0 Å². The van der Waals surface area contributed by atoms with E-state index in [1.165, 1.54) is 12.5 Å². The van der Waals surface area contributed by atoms with Gasteiger partial charge in [0.2, 0.25) is 11.5 Å². The number of benzene rings is 2. The number of hydrogen-bond acceptors (Lipinski definition) is 6. The van der Waals surface area contributed by atoms with Crippen molar-refractivity contribution in [2.75, 3.05) is 26.3 Å². The van der Waals surface area contributed by atoms with Crippen molar-refractivity contribution in [1.29, 1.82) is 0 Å². The molecule has 0 aromatic heterocycles. The number of carbonyl (C=O) groups excluding carboxylic acids is 3. The highest BCUT2D eigenvalue weighted by Gasteiger charge is 2.52. The van der Waals surface area contributed by atoms with Crippen molar-refractivity contribution in [2.45, 2.75) is 25.5 Å². The van der Waals surface area contributed by atoms with E-state index in [1.54, 1.807) is 23.1 Å². The van der Waals surface area contributed by atoms with Crippen LogP contribution in [-0.2, 0) is 32.9 Å². The van der Waals surface area contributed by atoms with Crippen molar-refractivity contribution >= 4 is 17.9 Å². The van der Waals surface area contributed by atoms with Gasteiger partial charge in [0.25, 0.3) is 5.91 Å². The van der Waals surface area contributed by atoms with Gasteiger partial charge < -0.3 is 19.1 Å². The Bertz CT molecular complexity index is 1080. The molecule has 31 heavy (non-hydrogen) atoms. The van der Waals surface area contributed by atoms with Crippen molar-refractivity contribution in [1.82, 2.24) is 9.80 Å². The number of imide groups is 1. The molecule has 1 atom stereocenters. The predicted octanol–water partition coefficient (Wildman–Crippen LogP) is 2.24. The van der Waals surface area contributed by atoms with Crippen molar-refractivity contribution in [3.05, 3.63) is 59.2 Å². The maximum atomic E-state index is 13.2. The second-order valence-corrected chi connectivity index (χ2v) is 7.98. The maximum Gasteiger partial charge on any atom is 0.418 e. The Kier molecular flexibility index (Phi) is 4.57. The van der Waals surface area contributed by atoms with Gasteiger partial charge in [-0.25, -0.2) is 9.69 Å². The first-order valence-corrected chi connectivity index (χ1v) is 10.3. The van der Waals surface area contributed by atoms with Crippen LogP contribution in [0.25, 0.3) is 0 Å². The average Bonchev–Trinajstić information content (AvgIpc) is 3.02. The maximum absolute atomic E-state index is 13.2. The SMILES string of the molecule is CC1(c2ccc3c(c2)OCCO3)OC(=O)N(CC(=O)N2CCc3ccccc3C2)C1=O. The van der Waals surface area contributed by atoms with Gasteiger partial charge in [0, 0.05) is 18.7 Å². The topological polar surface area (TPSA) is 85.4 Å². The molecule has 0 saturated carbocycles. The molecule has 0 bridgehead atoms. The fourth-order valence-electron chi connectivity index (χ4n) is 4.22. The highest BCUT2D eigenvalue weighted by molar-refractivity contribution is 6.05. The molecule has 5 rings (SSSR count). The van der Waals surface area contributed by atoms with Crippen LogP contribution in [0.2, 0.25) is 0 Å². The van der Waals surface area contributed by atoms with E-state index >= 15 is 0 Å². The van der Waals surface area contributed by atoms with E-state index < -0.39 is 17.6 Å². The van der Waals surface area contributed by atoms with E-state index in [0.29, 0.717) is 43.4 Å². The van der Waals surface area contributed by atoms with Crippen molar-refractivity contribution in [3.8, 4) is 11.5 Å². The van der Waals surface area contributed by atoms with Crippen LogP contribution >= 0.6 is 0 Å². The molecular formula is C23H22N2O6. The van der Waals surface area contributed by atoms with Gasteiger partial charge in [-0.05, 0) is 36.6 Å². The summed E-state index contributed by atoms with van der Waals surface area (Å²) < 4.78 is 16.6. The lowest BCUT2D eigenvalue weighted by Crippen LogP contribution is -2.45. The van der Waals surface area contributed by atoms with E-state index in [9.17, 15) is 14.4 Å². The van der Waals surface area contributed by atoms with E-state index in [2.05, 4.69) is 6.07 Å². The number of ether oxygens (including phenoxy) is 3. The second-order valence-electron chi connectivity index (χ2n) is 7.98. The number of rotatable bonds is 3. The Morgan fingerprint density at radius 2 is 1.77 bits per heavy atom. The summed E-state index contributed by atoms with van der Waals surface area (Å²) in [5, 5.41) is 0. The third-order valence-electron chi connectivity index (χ3n) is 6.03. The first-order valence-electron chi connectivity index (χ1n) is 10.3. The molecule has 2 aromatic rings. The van der Waals surface area contributed by atoms with Crippen LogP contribution in [0.5, 0.6) is 11.5 Å². The molecule has 3 aliphatic heterocycles. The van der Waals surface area contributed by atoms with Crippen LogP contribution in [0.1, 0.15) is 23.6 Å². The van der Waals surface area contributed by atoms with Crippen molar-refractivity contribution in [3.63, 3.8) is 0 Å². The Morgan fingerprint density at radius 1 is 1.03 bits per heavy atom. The van der Waals surface area contributed by atoms with Gasteiger partial charge in [0.05, 0.1) is 0 Å². The van der Waals surface area contributed by atoms with Crippen LogP contribution in [0.3, 0.4) is 0 Å². The standard InChI is InChI=1S/C23H22N2O6/c1-23(17-6-7-18-19(12-17)30-11-10-29-18)21(27)25(22(28)31-23)14-20(26)24-9-8-15-4-2-3-5-16(15)13-24/h2-7,12H,8-11,13-14H2,1H3. The van der Waals surface area contributed by atoms with E-state index in [0.717, 1.165) is 16.9 Å². The van der Waals surface area contributed by atoms with Gasteiger partial charge in [-0.2, -0.15) is 0 Å². The van der Waals surface area contributed by atoms with Gasteiger partial charge >= 0.3 is 6.09 Å². The van der Waals surface area contributed by atoms with Crippen LogP contribution in [0.4, 0.5) is 4.79 Å². The monoisotopic (exact) mass is 422 g/mol. The molecule has 8 heteroatoms. The molecule has 3 amide bonds. The van der Waals surface area contributed by atoms with Crippen molar-refractivity contribution < 1.29 is 28.6 Å². The molecule has 8 nitrogen and oxygen atoms in total. The summed E-state index contributed by atoms with van der Waals surface area (Å²) in [6.45, 7) is 3.05. The summed E-state index contributed by atoms with van der Waals surface area (Å²) in [5.41, 5.74) is 1.24. The fourth-order valence-corrected chi connectivity index (χ4v) is 4.22. The van der Waals surface area contributed by atoms with Gasteiger partial charge in [0.1, 0.15) is 19.8 Å². The third-order valence-corrected chi connectivity index (χ3v) is 6.03. The molecule has 3 heterocycles. The zero-order valence-electron chi connectivity index (χ0n) is 17.1. The minimum Gasteiger partial charge on any atom is -0.486 e. The predicted molar refractivity (Wildman–Crippen MR) is 109 cm³/mol. The smallest absolute Gasteiger partial charge is 0.418 e. The van der Waals surface area contributed by atoms with Gasteiger partial charge in [0.15, 0.2) is 11.5 Å². The van der Waals surface area contributed by atoms with E-state index in [-0.39, 0.29) is 12.5 Å². The minimum atomic E-state index is -1.53. The molecule has 1 saturated heterocycles. The molecule has 3 aliphatic rings. The molecule has 1 fully saturated rings. The number of amides is 3. The highest BCUT2D eigenvalue weighted by atomic mass is 16.6. The first-order chi connectivity index (χ1) is 15.0. The lowest BCUT2D eigenvalue weighted by molar-refractivity contribution is -0.141. The van der Waals surface area contributed by atoms with E-state index in [4.69, 9.17) is 14.2 Å². The van der Waals surface area contributed by atoms with Gasteiger partial charge in [-0.3, -0.25) is 9.59 Å². The fraction of sp³-hybridized carbons (Fsp3) is 0.348. The van der Waals surface area contributed by atoms with Crippen LogP contribution in [0, 0.1) is 0 Å². The third kappa shape index (κ3) is 3.28. The van der Waals surface area contributed by atoms with Crippen LogP contribution in [0.15, 0.2) is 42.5 Å². The summed E-state index contributed by atoms with van der Waals surface area (Å²) in [6, 6.07) is 13.0. The largest absolute Gasteiger partial charge is 0.486 e. The molecule has 0 spiro atoms. The number of cyclic esters (lactones) is 1. The summed E-state index contributed by atoms with van der Waals surface area (Å²) in [5.74, 6) is 0.217. The van der Waals surface area contributed by atoms with Crippen LogP contribution < -0.4 is 9.47 Å². The Labute approximate surface area is 179 Å². The van der Waals surface area contributed by atoms with Crippen molar-refractivity contribution in [2.24, 2.45) is 0 Å². The zero-order chi connectivity index (χ0) is 21.6. The summed E-state index contributed by atoms with van der Waals surface area (Å²) in [7, 11) is 0. The Hall–Kier alpha value is -3.55. The molecule has 0 N–H and O–H groups in total. The molecule has 0 radical (unpaired) electrons. The minimum absolute atomic E-state index is 0.286. The van der Waals surface area contributed by atoms with E-state index in [1.807, 2.05) is 18.2 Å². The molecule has 160 valence electrons. The number of fused-ring (bicyclic) bond motifs is 2. The number of nitrogens with zero attached hydrogens (tertiary/aromatic N) is 2. The number of carbonyl (C=O) groups is 3. The lowest BCUT2D eigenvalue weighted by atomic mass is 9.94. The molecule has 0 aliphatic carbocycles. The van der Waals surface area contributed by atoms with Crippen LogP contribution in [-0.4, -0.2) is 54.0 Å². The molecular weight excluding hydrogens is 400 g/mol. The summed E-state index contributed by atoms with van der Waals surface area (Å²) in [4.78, 5) is 41.1. The average molecular weight is 422 g/mol. The second kappa shape index (κ2) is 7.30. The molecule has 1 unspecified atom stereocenters. The number of hydrogen-bond donors (Lipinski definition) is 0. The Morgan fingerprint density at radius 3 is 2.58 bits per heavy atom. The zero-order valence-corrected chi connectivity index (χ0v) is 17.1. The summed E-state index contributed by atoms with van der Waals surface area (Å²) in [6.07, 6.45) is -0.0805. The highest BCUT2D eigenvalue weighted by Crippen LogP contribution is 2.39. The molecule has 2 aromatic carbocycles. The van der Waals surface area contributed by atoms with Gasteiger partial charge in [-0.1, -0.05) is 30.3 Å². The normalized spacial score (nSPS) is 22.2. The lowest BCUT2D eigenvalue weighted by Gasteiger charge is -2.29. The Balaban J connectivity index is 1.33. The summed E-state index contributed by atoms with van der Waals surface area (Å²) >= 11 is 0. The quantitative estimate of drug-likeness (QED) is 0.754.